The number of carbonyl (C=O) groups is 1. The standard InChI is InChI=1S/C21H24ClNO2/c1-15-5-7-16(8-6-15)9-14-19(17-10-12-18(22)13-11-17)23-20(24)25-21(2,3)4/h5-14,19H,1-4H3,(H,23,24)/b14-9+. The van der Waals surface area contributed by atoms with Gasteiger partial charge in [0.15, 0.2) is 0 Å². The maximum Gasteiger partial charge on any atom is 0.408 e. The van der Waals surface area contributed by atoms with E-state index in [1.165, 1.54) is 5.56 Å². The molecule has 132 valence electrons. The molecule has 0 spiro atoms. The number of alkyl carbamates (subject to hydrolysis) is 1. The molecule has 0 saturated carbocycles. The topological polar surface area (TPSA) is 38.3 Å². The summed E-state index contributed by atoms with van der Waals surface area (Å²) < 4.78 is 5.37. The van der Waals surface area contributed by atoms with Gasteiger partial charge in [-0.2, -0.15) is 0 Å². The SMILES string of the molecule is Cc1ccc(/C=C/C(NC(=O)OC(C)(C)C)c2ccc(Cl)cc2)cc1. The maximum atomic E-state index is 12.2. The molecule has 0 radical (unpaired) electrons. The quantitative estimate of drug-likeness (QED) is 0.736. The van der Waals surface area contributed by atoms with Crippen molar-refractivity contribution in [2.45, 2.75) is 39.3 Å². The number of halogens is 1. The molecule has 0 aliphatic heterocycles. The van der Waals surface area contributed by atoms with Crippen LogP contribution in [0, 0.1) is 6.92 Å². The average molecular weight is 358 g/mol. The molecule has 1 amide bonds. The summed E-state index contributed by atoms with van der Waals surface area (Å²) in [5.41, 5.74) is 2.66. The Balaban J connectivity index is 2.20. The van der Waals surface area contributed by atoms with Crippen molar-refractivity contribution >= 4 is 23.8 Å². The fraction of sp³-hybridized carbons (Fsp3) is 0.286. The summed E-state index contributed by atoms with van der Waals surface area (Å²) in [6.07, 6.45) is 3.47. The number of carbonyl (C=O) groups excluding carboxylic acids is 1. The van der Waals surface area contributed by atoms with E-state index in [-0.39, 0.29) is 6.04 Å². The molecule has 0 aromatic heterocycles. The summed E-state index contributed by atoms with van der Waals surface area (Å²) >= 11 is 5.97. The van der Waals surface area contributed by atoms with E-state index in [1.807, 2.05) is 64.1 Å². The number of amides is 1. The zero-order chi connectivity index (χ0) is 18.4. The molecule has 2 aromatic rings. The lowest BCUT2D eigenvalue weighted by Crippen LogP contribution is -2.34. The Morgan fingerprint density at radius 2 is 1.68 bits per heavy atom. The number of hydrogen-bond acceptors (Lipinski definition) is 2. The second-order valence-corrected chi connectivity index (χ2v) is 7.38. The number of rotatable bonds is 4. The smallest absolute Gasteiger partial charge is 0.408 e. The van der Waals surface area contributed by atoms with E-state index in [1.54, 1.807) is 12.1 Å². The van der Waals surface area contributed by atoms with E-state index < -0.39 is 11.7 Å². The Kier molecular flexibility index (Phi) is 6.27. The molecule has 2 aromatic carbocycles. The third kappa shape index (κ3) is 6.63. The zero-order valence-electron chi connectivity index (χ0n) is 15.0. The molecule has 0 aliphatic carbocycles. The second-order valence-electron chi connectivity index (χ2n) is 6.95. The van der Waals surface area contributed by atoms with Gasteiger partial charge in [-0.3, -0.25) is 0 Å². The Hall–Kier alpha value is -2.26. The lowest BCUT2D eigenvalue weighted by Gasteiger charge is -2.22. The number of aryl methyl sites for hydroxylation is 1. The van der Waals surface area contributed by atoms with Crippen LogP contribution in [0.2, 0.25) is 5.02 Å². The monoisotopic (exact) mass is 357 g/mol. The molecule has 3 nitrogen and oxygen atoms in total. The lowest BCUT2D eigenvalue weighted by atomic mass is 10.0. The molecule has 1 unspecified atom stereocenters. The third-order valence-electron chi connectivity index (χ3n) is 3.46. The van der Waals surface area contributed by atoms with E-state index in [4.69, 9.17) is 16.3 Å². The van der Waals surface area contributed by atoms with Gasteiger partial charge in [-0.05, 0) is 51.0 Å². The fourth-order valence-corrected chi connectivity index (χ4v) is 2.36. The fourth-order valence-electron chi connectivity index (χ4n) is 2.23. The molecule has 0 fully saturated rings. The first-order valence-electron chi connectivity index (χ1n) is 8.23. The molecule has 1 N–H and O–H groups in total. The zero-order valence-corrected chi connectivity index (χ0v) is 15.8. The highest BCUT2D eigenvalue weighted by atomic mass is 35.5. The molecule has 25 heavy (non-hydrogen) atoms. The molecule has 0 heterocycles. The Morgan fingerprint density at radius 1 is 1.08 bits per heavy atom. The molecule has 4 heteroatoms. The van der Waals surface area contributed by atoms with Gasteiger partial charge >= 0.3 is 6.09 Å². The van der Waals surface area contributed by atoms with Crippen LogP contribution >= 0.6 is 11.6 Å². The van der Waals surface area contributed by atoms with Crippen LogP contribution in [0.25, 0.3) is 6.08 Å². The summed E-state index contributed by atoms with van der Waals surface area (Å²) in [6, 6.07) is 15.3. The van der Waals surface area contributed by atoms with Gasteiger partial charge in [0, 0.05) is 5.02 Å². The summed E-state index contributed by atoms with van der Waals surface area (Å²) in [5.74, 6) is 0. The largest absolute Gasteiger partial charge is 0.444 e. The van der Waals surface area contributed by atoms with Gasteiger partial charge in [-0.15, -0.1) is 0 Å². The minimum absolute atomic E-state index is 0.312. The summed E-state index contributed by atoms with van der Waals surface area (Å²) in [4.78, 5) is 12.2. The summed E-state index contributed by atoms with van der Waals surface area (Å²) in [6.45, 7) is 7.57. The van der Waals surface area contributed by atoms with Crippen molar-refractivity contribution < 1.29 is 9.53 Å². The molecule has 1 atom stereocenters. The Morgan fingerprint density at radius 3 is 2.24 bits per heavy atom. The number of nitrogens with one attached hydrogen (secondary N) is 1. The van der Waals surface area contributed by atoms with Crippen LogP contribution in [0.5, 0.6) is 0 Å². The van der Waals surface area contributed by atoms with Crippen LogP contribution in [-0.2, 0) is 4.74 Å². The first-order valence-corrected chi connectivity index (χ1v) is 8.60. The second kappa shape index (κ2) is 8.21. The van der Waals surface area contributed by atoms with Gasteiger partial charge in [0.1, 0.15) is 5.60 Å². The average Bonchev–Trinajstić information content (AvgIpc) is 2.52. The van der Waals surface area contributed by atoms with E-state index >= 15 is 0 Å². The minimum Gasteiger partial charge on any atom is -0.444 e. The highest BCUT2D eigenvalue weighted by Gasteiger charge is 2.19. The van der Waals surface area contributed by atoms with Crippen molar-refractivity contribution in [3.05, 3.63) is 76.3 Å². The van der Waals surface area contributed by atoms with Crippen molar-refractivity contribution in [3.63, 3.8) is 0 Å². The Bertz CT molecular complexity index is 728. The van der Waals surface area contributed by atoms with Crippen molar-refractivity contribution in [1.29, 1.82) is 0 Å². The van der Waals surface area contributed by atoms with Gasteiger partial charge < -0.3 is 10.1 Å². The van der Waals surface area contributed by atoms with Crippen molar-refractivity contribution in [1.82, 2.24) is 5.32 Å². The van der Waals surface area contributed by atoms with E-state index in [0.29, 0.717) is 5.02 Å². The summed E-state index contributed by atoms with van der Waals surface area (Å²) in [5, 5.41) is 3.55. The van der Waals surface area contributed by atoms with Crippen LogP contribution in [-0.4, -0.2) is 11.7 Å². The molecular formula is C21H24ClNO2. The summed E-state index contributed by atoms with van der Waals surface area (Å²) in [7, 11) is 0. The Labute approximate surface area is 154 Å². The minimum atomic E-state index is -0.546. The highest BCUT2D eigenvalue weighted by Crippen LogP contribution is 2.20. The predicted octanol–water partition coefficient (Wildman–Crippen LogP) is 5.93. The van der Waals surface area contributed by atoms with Gasteiger partial charge in [0.05, 0.1) is 6.04 Å². The first kappa shape index (κ1) is 19.1. The number of benzene rings is 2. The van der Waals surface area contributed by atoms with Gasteiger partial charge in [0.25, 0.3) is 0 Å². The van der Waals surface area contributed by atoms with Gasteiger partial charge in [-0.1, -0.05) is 65.7 Å². The molecule has 0 bridgehead atoms. The van der Waals surface area contributed by atoms with Crippen molar-refractivity contribution in [2.75, 3.05) is 0 Å². The van der Waals surface area contributed by atoms with Crippen molar-refractivity contribution in [2.24, 2.45) is 0 Å². The van der Waals surface area contributed by atoms with Crippen LogP contribution in [0.3, 0.4) is 0 Å². The molecule has 0 saturated heterocycles. The normalized spacial score (nSPS) is 12.8. The van der Waals surface area contributed by atoms with Crippen LogP contribution in [0.4, 0.5) is 4.79 Å². The van der Waals surface area contributed by atoms with Crippen molar-refractivity contribution in [3.8, 4) is 0 Å². The predicted molar refractivity (Wildman–Crippen MR) is 104 cm³/mol. The first-order chi connectivity index (χ1) is 11.7. The number of ether oxygens (including phenoxy) is 1. The lowest BCUT2D eigenvalue weighted by molar-refractivity contribution is 0.0514. The van der Waals surface area contributed by atoms with Crippen LogP contribution < -0.4 is 5.32 Å². The van der Waals surface area contributed by atoms with Gasteiger partial charge in [0.2, 0.25) is 0 Å². The molecule has 0 aliphatic rings. The molecular weight excluding hydrogens is 334 g/mol. The van der Waals surface area contributed by atoms with E-state index in [9.17, 15) is 4.79 Å². The third-order valence-corrected chi connectivity index (χ3v) is 3.71. The van der Waals surface area contributed by atoms with Gasteiger partial charge in [-0.25, -0.2) is 4.79 Å². The van der Waals surface area contributed by atoms with Crippen LogP contribution in [0.15, 0.2) is 54.6 Å². The highest BCUT2D eigenvalue weighted by molar-refractivity contribution is 6.30. The number of hydrogen-bond donors (Lipinski definition) is 1. The molecule has 2 rings (SSSR count). The maximum absolute atomic E-state index is 12.2. The van der Waals surface area contributed by atoms with Crippen LogP contribution in [0.1, 0.15) is 43.5 Å². The van der Waals surface area contributed by atoms with E-state index in [0.717, 1.165) is 11.1 Å². The van der Waals surface area contributed by atoms with E-state index in [2.05, 4.69) is 17.4 Å².